The summed E-state index contributed by atoms with van der Waals surface area (Å²) in [5, 5.41) is 7.70. The number of rotatable bonds is 7. The molecule has 5 nitrogen and oxygen atoms in total. The maximum absolute atomic E-state index is 6.69. The van der Waals surface area contributed by atoms with Gasteiger partial charge in [0.2, 0.25) is 0 Å². The number of aromatic nitrogens is 4. The van der Waals surface area contributed by atoms with Gasteiger partial charge in [0.25, 0.3) is 0 Å². The van der Waals surface area contributed by atoms with E-state index in [1.807, 2.05) is 12.3 Å². The molecule has 0 unspecified atom stereocenters. The van der Waals surface area contributed by atoms with E-state index in [9.17, 15) is 0 Å². The van der Waals surface area contributed by atoms with Gasteiger partial charge in [0, 0.05) is 34.7 Å². The first-order valence-corrected chi connectivity index (χ1v) is 17.0. The fraction of sp³-hybridized carbons (Fsp3) is 0.256. The van der Waals surface area contributed by atoms with Crippen LogP contribution in [-0.2, 0) is 0 Å². The van der Waals surface area contributed by atoms with Crippen LogP contribution in [0.3, 0.4) is 0 Å². The van der Waals surface area contributed by atoms with Crippen LogP contribution in [0.5, 0.6) is 11.5 Å². The standard InChI is InChI=1S/C43H44N4O/c1-25(2)42-41(40-30(8)18-28(6)19-31(40)9)43(26(3)4)47(45-42)32-20-29(7)21-34(23-32)48-33-14-15-36-35-12-10-11-13-37(35)46(38(36)24-33)39-22-27(5)16-17-44-39/h10-26H,1-9H3. The van der Waals surface area contributed by atoms with Crippen molar-refractivity contribution in [2.45, 2.75) is 74.1 Å². The number of benzene rings is 4. The summed E-state index contributed by atoms with van der Waals surface area (Å²) < 4.78 is 11.1. The molecule has 7 aromatic rings. The predicted octanol–water partition coefficient (Wildman–Crippen LogP) is 11.6. The van der Waals surface area contributed by atoms with E-state index in [1.165, 1.54) is 49.8 Å². The molecule has 0 N–H and O–H groups in total. The molecule has 4 aromatic carbocycles. The Bertz CT molecular complexity index is 2310. The van der Waals surface area contributed by atoms with E-state index in [0.717, 1.165) is 45.3 Å². The minimum absolute atomic E-state index is 0.254. The van der Waals surface area contributed by atoms with Gasteiger partial charge in [0.15, 0.2) is 0 Å². The summed E-state index contributed by atoms with van der Waals surface area (Å²) in [6, 6.07) is 30.0. The van der Waals surface area contributed by atoms with Crippen molar-refractivity contribution in [3.63, 3.8) is 0 Å². The quantitative estimate of drug-likeness (QED) is 0.176. The third-order valence-electron chi connectivity index (χ3n) is 9.26. The fourth-order valence-corrected chi connectivity index (χ4v) is 7.36. The summed E-state index contributed by atoms with van der Waals surface area (Å²) >= 11 is 0. The van der Waals surface area contributed by atoms with E-state index in [1.54, 1.807) is 0 Å². The normalized spacial score (nSPS) is 11.8. The first-order valence-electron chi connectivity index (χ1n) is 17.0. The number of fused-ring (bicyclic) bond motifs is 3. The minimum atomic E-state index is 0.254. The van der Waals surface area contributed by atoms with Gasteiger partial charge in [-0.3, -0.25) is 4.57 Å². The molecule has 242 valence electrons. The molecule has 0 bridgehead atoms. The van der Waals surface area contributed by atoms with Crippen molar-refractivity contribution in [3.05, 3.63) is 130 Å². The molecule has 7 rings (SSSR count). The second-order valence-electron chi connectivity index (χ2n) is 14.0. The van der Waals surface area contributed by atoms with Crippen LogP contribution >= 0.6 is 0 Å². The van der Waals surface area contributed by atoms with Crippen molar-refractivity contribution in [3.8, 4) is 34.1 Å². The zero-order chi connectivity index (χ0) is 33.9. The van der Waals surface area contributed by atoms with Crippen molar-refractivity contribution < 1.29 is 4.74 Å². The maximum atomic E-state index is 6.69. The highest BCUT2D eigenvalue weighted by Crippen LogP contribution is 2.42. The molecule has 0 saturated carbocycles. The van der Waals surface area contributed by atoms with Gasteiger partial charge < -0.3 is 4.74 Å². The molecule has 5 heteroatoms. The molecule has 3 heterocycles. The lowest BCUT2D eigenvalue weighted by Crippen LogP contribution is -2.06. The Morgan fingerprint density at radius 2 is 1.31 bits per heavy atom. The Hall–Kier alpha value is -5.16. The molecule has 0 aliphatic rings. The largest absolute Gasteiger partial charge is 0.457 e. The van der Waals surface area contributed by atoms with Crippen LogP contribution in [0.4, 0.5) is 0 Å². The van der Waals surface area contributed by atoms with E-state index in [-0.39, 0.29) is 11.8 Å². The average molecular weight is 633 g/mol. The lowest BCUT2D eigenvalue weighted by Gasteiger charge is -2.18. The molecular weight excluding hydrogens is 589 g/mol. The Balaban J connectivity index is 1.36. The van der Waals surface area contributed by atoms with E-state index in [2.05, 4.69) is 150 Å². The van der Waals surface area contributed by atoms with E-state index in [0.29, 0.717) is 0 Å². The van der Waals surface area contributed by atoms with Gasteiger partial charge in [-0.15, -0.1) is 0 Å². The topological polar surface area (TPSA) is 44.9 Å². The highest BCUT2D eigenvalue weighted by molar-refractivity contribution is 6.09. The SMILES string of the molecule is Cc1cc(Oc2ccc3c4ccccc4n(-c4cc(C)ccn4)c3c2)cc(-n2nc(C(C)C)c(-c3c(C)cc(C)cc3C)c2C(C)C)c1. The first-order chi connectivity index (χ1) is 23.0. The molecule has 48 heavy (non-hydrogen) atoms. The van der Waals surface area contributed by atoms with Crippen LogP contribution in [0.15, 0.2) is 91.1 Å². The zero-order valence-electron chi connectivity index (χ0n) is 29.5. The monoisotopic (exact) mass is 632 g/mol. The van der Waals surface area contributed by atoms with Crippen LogP contribution in [0, 0.1) is 34.6 Å². The summed E-state index contributed by atoms with van der Waals surface area (Å²) in [7, 11) is 0. The second-order valence-corrected chi connectivity index (χ2v) is 14.0. The van der Waals surface area contributed by atoms with Crippen LogP contribution in [-0.4, -0.2) is 19.3 Å². The summed E-state index contributed by atoms with van der Waals surface area (Å²) in [6.07, 6.45) is 1.87. The molecule has 0 aliphatic heterocycles. The first kappa shape index (κ1) is 31.4. The molecule has 3 aromatic heterocycles. The van der Waals surface area contributed by atoms with Crippen molar-refractivity contribution in [2.24, 2.45) is 0 Å². The van der Waals surface area contributed by atoms with Crippen molar-refractivity contribution in [2.75, 3.05) is 0 Å². The van der Waals surface area contributed by atoms with Gasteiger partial charge in [-0.1, -0.05) is 63.6 Å². The molecular formula is C43H44N4O. The molecule has 0 spiro atoms. The van der Waals surface area contributed by atoms with Crippen LogP contribution < -0.4 is 4.74 Å². The van der Waals surface area contributed by atoms with Gasteiger partial charge in [0.05, 0.1) is 28.1 Å². The number of nitrogens with zero attached hydrogens (tertiary/aromatic N) is 4. The summed E-state index contributed by atoms with van der Waals surface area (Å²) in [6.45, 7) is 19.9. The highest BCUT2D eigenvalue weighted by Gasteiger charge is 2.26. The number of aryl methyl sites for hydroxylation is 5. The van der Waals surface area contributed by atoms with E-state index >= 15 is 0 Å². The van der Waals surface area contributed by atoms with Crippen LogP contribution in [0.2, 0.25) is 0 Å². The van der Waals surface area contributed by atoms with Gasteiger partial charge in [0.1, 0.15) is 17.3 Å². The number of ether oxygens (including phenoxy) is 1. The van der Waals surface area contributed by atoms with Crippen LogP contribution in [0.25, 0.3) is 44.4 Å². The van der Waals surface area contributed by atoms with Crippen molar-refractivity contribution >= 4 is 21.8 Å². The molecule has 0 fully saturated rings. The van der Waals surface area contributed by atoms with Gasteiger partial charge in [-0.25, -0.2) is 9.67 Å². The molecule has 0 aliphatic carbocycles. The van der Waals surface area contributed by atoms with Crippen LogP contribution in [0.1, 0.15) is 78.7 Å². The Kier molecular flexibility index (Phi) is 7.95. The zero-order valence-corrected chi connectivity index (χ0v) is 29.5. The van der Waals surface area contributed by atoms with Gasteiger partial charge in [-0.2, -0.15) is 5.10 Å². The highest BCUT2D eigenvalue weighted by atomic mass is 16.5. The Morgan fingerprint density at radius 3 is 2.02 bits per heavy atom. The molecule has 0 radical (unpaired) electrons. The van der Waals surface area contributed by atoms with Gasteiger partial charge >= 0.3 is 0 Å². The second kappa shape index (κ2) is 12.1. The lowest BCUT2D eigenvalue weighted by molar-refractivity contribution is 0.482. The smallest absolute Gasteiger partial charge is 0.137 e. The van der Waals surface area contributed by atoms with E-state index in [4.69, 9.17) is 14.8 Å². The summed E-state index contributed by atoms with van der Waals surface area (Å²) in [5.41, 5.74) is 14.2. The van der Waals surface area contributed by atoms with Gasteiger partial charge in [-0.05, 0) is 117 Å². The predicted molar refractivity (Wildman–Crippen MR) is 200 cm³/mol. The third kappa shape index (κ3) is 5.47. The molecule has 0 atom stereocenters. The number of hydrogen-bond acceptors (Lipinski definition) is 3. The Morgan fingerprint density at radius 1 is 0.604 bits per heavy atom. The minimum Gasteiger partial charge on any atom is -0.457 e. The van der Waals surface area contributed by atoms with E-state index < -0.39 is 0 Å². The summed E-state index contributed by atoms with van der Waals surface area (Å²) in [4.78, 5) is 4.75. The Labute approximate surface area is 283 Å². The third-order valence-corrected chi connectivity index (χ3v) is 9.26. The number of para-hydroxylation sites is 1. The summed E-state index contributed by atoms with van der Waals surface area (Å²) in [5.74, 6) is 2.97. The molecule has 0 saturated heterocycles. The number of pyridine rings is 1. The number of hydrogen-bond donors (Lipinski definition) is 0. The van der Waals surface area contributed by atoms with Crippen molar-refractivity contribution in [1.82, 2.24) is 19.3 Å². The van der Waals surface area contributed by atoms with Crippen molar-refractivity contribution in [1.29, 1.82) is 0 Å². The average Bonchev–Trinajstić information content (AvgIpc) is 3.57. The lowest BCUT2D eigenvalue weighted by atomic mass is 9.87. The maximum Gasteiger partial charge on any atom is 0.137 e. The fourth-order valence-electron chi connectivity index (χ4n) is 7.36. The molecule has 0 amide bonds.